The van der Waals surface area contributed by atoms with Crippen LogP contribution in [0.2, 0.25) is 5.02 Å². The number of aryl methyl sites for hydroxylation is 1. The van der Waals surface area contributed by atoms with Crippen LogP contribution in [0, 0.1) is 13.8 Å². The van der Waals surface area contributed by atoms with Gasteiger partial charge in [0.25, 0.3) is 5.91 Å². The number of sulfone groups is 1. The van der Waals surface area contributed by atoms with Gasteiger partial charge in [-0.15, -0.1) is 0 Å². The van der Waals surface area contributed by atoms with E-state index in [1.807, 2.05) is 26.0 Å². The number of aromatic nitrogens is 2. The van der Waals surface area contributed by atoms with Gasteiger partial charge in [0.15, 0.2) is 9.84 Å². The predicted molar refractivity (Wildman–Crippen MR) is 97.2 cm³/mol. The molecule has 1 fully saturated rings. The van der Waals surface area contributed by atoms with Crippen molar-refractivity contribution in [1.82, 2.24) is 14.7 Å². The average molecular weight is 382 g/mol. The van der Waals surface area contributed by atoms with Crippen LogP contribution < -0.4 is 0 Å². The smallest absolute Gasteiger partial charge is 0.253 e. The number of hydrogen-bond acceptors (Lipinski definition) is 4. The molecule has 0 aliphatic carbocycles. The van der Waals surface area contributed by atoms with Crippen LogP contribution in [0.5, 0.6) is 0 Å². The van der Waals surface area contributed by atoms with Gasteiger partial charge in [-0.1, -0.05) is 11.6 Å². The molecule has 0 spiro atoms. The van der Waals surface area contributed by atoms with Crippen LogP contribution in [0.1, 0.15) is 28.2 Å². The maximum atomic E-state index is 12.6. The van der Waals surface area contributed by atoms with Crippen LogP contribution in [0.25, 0.3) is 5.69 Å². The van der Waals surface area contributed by atoms with Gasteiger partial charge in [-0.3, -0.25) is 4.79 Å². The molecule has 1 aromatic carbocycles. The molecule has 1 aliphatic heterocycles. The van der Waals surface area contributed by atoms with Gasteiger partial charge in [0.2, 0.25) is 0 Å². The van der Waals surface area contributed by atoms with Crippen LogP contribution in [-0.4, -0.2) is 53.6 Å². The fraction of sp³-hybridized carbons (Fsp3) is 0.412. The summed E-state index contributed by atoms with van der Waals surface area (Å²) in [5, 5.41) is 5.02. The Hall–Kier alpha value is -1.86. The van der Waals surface area contributed by atoms with Crippen molar-refractivity contribution >= 4 is 27.3 Å². The number of amides is 1. The fourth-order valence-electron chi connectivity index (χ4n) is 3.07. The Kier molecular flexibility index (Phi) is 4.64. The fourth-order valence-corrected chi connectivity index (χ4v) is 4.96. The molecule has 0 unspecified atom stereocenters. The first-order valence-electron chi connectivity index (χ1n) is 7.99. The Morgan fingerprint density at radius 3 is 2.40 bits per heavy atom. The van der Waals surface area contributed by atoms with Crippen molar-refractivity contribution < 1.29 is 13.2 Å². The zero-order valence-electron chi connectivity index (χ0n) is 14.4. The number of nitrogens with zero attached hydrogens (tertiary/aromatic N) is 3. The minimum Gasteiger partial charge on any atom is -0.338 e. The van der Waals surface area contributed by atoms with E-state index in [0.29, 0.717) is 17.0 Å². The quantitative estimate of drug-likeness (QED) is 0.818. The zero-order valence-corrected chi connectivity index (χ0v) is 15.9. The van der Waals surface area contributed by atoms with E-state index in [1.54, 1.807) is 23.9 Å². The second-order valence-electron chi connectivity index (χ2n) is 6.42. The molecule has 3 rings (SSSR count). The van der Waals surface area contributed by atoms with Gasteiger partial charge in [0.1, 0.15) is 0 Å². The molecular formula is C17H20ClN3O3S. The minimum atomic E-state index is -3.02. The standard InChI is InChI=1S/C17H20ClN3O3S/c1-11-16(18)12(2)21(19-11)14-6-4-13(5-7-14)17(22)20(3)15-8-9-25(23,24)10-15/h4-7,15H,8-10H2,1-3H3/t15-/m1/s1. The van der Waals surface area contributed by atoms with Crippen molar-refractivity contribution in [2.45, 2.75) is 26.3 Å². The lowest BCUT2D eigenvalue weighted by molar-refractivity contribution is 0.0747. The molecule has 2 heterocycles. The highest BCUT2D eigenvalue weighted by Crippen LogP contribution is 2.23. The Labute approximate surface area is 152 Å². The van der Waals surface area contributed by atoms with Gasteiger partial charge in [-0.05, 0) is 44.5 Å². The first-order valence-corrected chi connectivity index (χ1v) is 10.2. The van der Waals surface area contributed by atoms with E-state index in [-0.39, 0.29) is 23.5 Å². The Morgan fingerprint density at radius 2 is 1.92 bits per heavy atom. The summed E-state index contributed by atoms with van der Waals surface area (Å²) in [7, 11) is -1.37. The monoisotopic (exact) mass is 381 g/mol. The molecule has 1 aromatic heterocycles. The second-order valence-corrected chi connectivity index (χ2v) is 9.02. The third-order valence-electron chi connectivity index (χ3n) is 4.64. The van der Waals surface area contributed by atoms with E-state index in [1.165, 1.54) is 4.90 Å². The van der Waals surface area contributed by atoms with Crippen molar-refractivity contribution in [2.75, 3.05) is 18.6 Å². The van der Waals surface area contributed by atoms with Gasteiger partial charge >= 0.3 is 0 Å². The molecular weight excluding hydrogens is 362 g/mol. The molecule has 0 bridgehead atoms. The number of carbonyl (C=O) groups is 1. The normalized spacial score (nSPS) is 19.1. The van der Waals surface area contributed by atoms with Crippen molar-refractivity contribution in [1.29, 1.82) is 0 Å². The van der Waals surface area contributed by atoms with Crippen molar-refractivity contribution in [2.24, 2.45) is 0 Å². The molecule has 2 aromatic rings. The lowest BCUT2D eigenvalue weighted by atomic mass is 10.1. The molecule has 0 N–H and O–H groups in total. The molecule has 1 aliphatic rings. The summed E-state index contributed by atoms with van der Waals surface area (Å²) in [4.78, 5) is 14.1. The van der Waals surface area contributed by atoms with Crippen LogP contribution >= 0.6 is 11.6 Å². The summed E-state index contributed by atoms with van der Waals surface area (Å²) in [6.45, 7) is 3.73. The van der Waals surface area contributed by atoms with Gasteiger partial charge in [0, 0.05) is 18.7 Å². The third-order valence-corrected chi connectivity index (χ3v) is 6.94. The Morgan fingerprint density at radius 1 is 1.28 bits per heavy atom. The summed E-state index contributed by atoms with van der Waals surface area (Å²) >= 11 is 6.17. The van der Waals surface area contributed by atoms with Gasteiger partial charge in [-0.25, -0.2) is 13.1 Å². The summed E-state index contributed by atoms with van der Waals surface area (Å²) in [6, 6.07) is 6.81. The number of halogens is 1. The molecule has 6 nitrogen and oxygen atoms in total. The molecule has 0 radical (unpaired) electrons. The van der Waals surface area contributed by atoms with Crippen molar-refractivity contribution in [3.63, 3.8) is 0 Å². The topological polar surface area (TPSA) is 72.3 Å². The number of hydrogen-bond donors (Lipinski definition) is 0. The van der Waals surface area contributed by atoms with E-state index in [0.717, 1.165) is 17.1 Å². The molecule has 1 amide bonds. The average Bonchev–Trinajstić information content (AvgIpc) is 3.08. The van der Waals surface area contributed by atoms with E-state index < -0.39 is 9.84 Å². The molecule has 1 saturated heterocycles. The van der Waals surface area contributed by atoms with Crippen LogP contribution in [0.3, 0.4) is 0 Å². The summed E-state index contributed by atoms with van der Waals surface area (Å²) in [6.07, 6.45) is 0.493. The van der Waals surface area contributed by atoms with Gasteiger partial charge in [0.05, 0.1) is 33.6 Å². The SMILES string of the molecule is Cc1nn(-c2ccc(C(=O)N(C)[C@@H]3CCS(=O)(=O)C3)cc2)c(C)c1Cl. The molecule has 25 heavy (non-hydrogen) atoms. The van der Waals surface area contributed by atoms with Crippen molar-refractivity contribution in [3.05, 3.63) is 46.2 Å². The zero-order chi connectivity index (χ0) is 18.4. The lowest BCUT2D eigenvalue weighted by Gasteiger charge is -2.23. The van der Waals surface area contributed by atoms with Gasteiger partial charge < -0.3 is 4.90 Å². The second kappa shape index (κ2) is 6.46. The highest BCUT2D eigenvalue weighted by molar-refractivity contribution is 7.91. The lowest BCUT2D eigenvalue weighted by Crippen LogP contribution is -2.37. The molecule has 1 atom stereocenters. The first-order chi connectivity index (χ1) is 11.7. The number of rotatable bonds is 3. The van der Waals surface area contributed by atoms with Crippen LogP contribution in [-0.2, 0) is 9.84 Å². The van der Waals surface area contributed by atoms with Crippen LogP contribution in [0.4, 0.5) is 0 Å². The molecule has 134 valence electrons. The predicted octanol–water partition coefficient (Wildman–Crippen LogP) is 2.40. The van der Waals surface area contributed by atoms with E-state index in [4.69, 9.17) is 11.6 Å². The maximum Gasteiger partial charge on any atom is 0.253 e. The van der Waals surface area contributed by atoms with Gasteiger partial charge in [-0.2, -0.15) is 5.10 Å². The molecule has 8 heteroatoms. The Bertz CT molecular complexity index is 919. The summed E-state index contributed by atoms with van der Waals surface area (Å²) in [5.74, 6) is 0.00450. The summed E-state index contributed by atoms with van der Waals surface area (Å²) < 4.78 is 25.0. The Balaban J connectivity index is 1.80. The number of carbonyl (C=O) groups excluding carboxylic acids is 1. The van der Waals surface area contributed by atoms with E-state index >= 15 is 0 Å². The first kappa shape index (κ1) is 17.9. The minimum absolute atomic E-state index is 0.0393. The highest BCUT2D eigenvalue weighted by atomic mass is 35.5. The van der Waals surface area contributed by atoms with Crippen molar-refractivity contribution in [3.8, 4) is 5.69 Å². The van der Waals surface area contributed by atoms with Crippen LogP contribution in [0.15, 0.2) is 24.3 Å². The summed E-state index contributed by atoms with van der Waals surface area (Å²) in [5.41, 5.74) is 2.92. The van der Waals surface area contributed by atoms with E-state index in [2.05, 4.69) is 5.10 Å². The largest absolute Gasteiger partial charge is 0.338 e. The molecule has 0 saturated carbocycles. The van der Waals surface area contributed by atoms with E-state index in [9.17, 15) is 13.2 Å². The number of benzene rings is 1. The maximum absolute atomic E-state index is 12.6. The third kappa shape index (κ3) is 3.43. The highest BCUT2D eigenvalue weighted by Gasteiger charge is 2.33.